The van der Waals surface area contributed by atoms with E-state index < -0.39 is 35.0 Å². The van der Waals surface area contributed by atoms with Crippen molar-refractivity contribution in [3.63, 3.8) is 0 Å². The lowest BCUT2D eigenvalue weighted by Gasteiger charge is -2.38. The highest BCUT2D eigenvalue weighted by molar-refractivity contribution is 6.34. The van der Waals surface area contributed by atoms with Gasteiger partial charge in [0.2, 0.25) is 5.91 Å². The first-order valence-electron chi connectivity index (χ1n) is 13.1. The van der Waals surface area contributed by atoms with Crippen LogP contribution in [-0.2, 0) is 23.9 Å². The molecule has 37 heavy (non-hydrogen) atoms. The van der Waals surface area contributed by atoms with E-state index in [2.05, 4.69) is 0 Å². The summed E-state index contributed by atoms with van der Waals surface area (Å²) < 4.78 is 12.6. The van der Waals surface area contributed by atoms with E-state index in [9.17, 15) is 19.5 Å². The number of hydrogen-bond acceptors (Lipinski definition) is 6. The van der Waals surface area contributed by atoms with Gasteiger partial charge in [-0.25, -0.2) is 0 Å². The number of halogens is 1. The summed E-state index contributed by atoms with van der Waals surface area (Å²) >= 11 is 6.47. The number of carbonyl (C=O) groups is 3. The molecule has 2 saturated heterocycles. The molecule has 4 aliphatic heterocycles. The van der Waals surface area contributed by atoms with Crippen LogP contribution >= 0.6 is 11.6 Å². The summed E-state index contributed by atoms with van der Waals surface area (Å²) in [4.78, 5) is 45.1. The first-order chi connectivity index (χ1) is 17.9. The van der Waals surface area contributed by atoms with Crippen molar-refractivity contribution in [2.24, 2.45) is 11.8 Å². The number of benzene rings is 1. The van der Waals surface area contributed by atoms with Crippen LogP contribution in [-0.4, -0.2) is 71.3 Å². The maximum absolute atomic E-state index is 14.3. The highest BCUT2D eigenvalue weighted by atomic mass is 35.5. The molecule has 4 heterocycles. The molecule has 1 spiro atoms. The molecule has 0 bridgehead atoms. The Morgan fingerprint density at radius 3 is 2.65 bits per heavy atom. The van der Waals surface area contributed by atoms with E-state index in [0.29, 0.717) is 23.6 Å². The Bertz CT molecular complexity index is 1140. The Kier molecular flexibility index (Phi) is 7.18. The Morgan fingerprint density at radius 1 is 1.08 bits per heavy atom. The van der Waals surface area contributed by atoms with Gasteiger partial charge in [-0.2, -0.15) is 0 Å². The molecule has 0 aromatic heterocycles. The second-order valence-electron chi connectivity index (χ2n) is 10.1. The largest absolute Gasteiger partial charge is 0.465 e. The van der Waals surface area contributed by atoms with Crippen molar-refractivity contribution in [3.05, 3.63) is 53.6 Å². The van der Waals surface area contributed by atoms with E-state index in [1.807, 2.05) is 25.2 Å². The number of carbonyl (C=O) groups excluding carboxylic acids is 3. The molecule has 5 rings (SSSR count). The molecule has 0 aliphatic carbocycles. The maximum atomic E-state index is 14.3. The van der Waals surface area contributed by atoms with Crippen molar-refractivity contribution in [1.82, 2.24) is 4.90 Å². The van der Waals surface area contributed by atoms with Crippen LogP contribution in [0.25, 0.3) is 0 Å². The summed E-state index contributed by atoms with van der Waals surface area (Å²) in [7, 11) is 0. The van der Waals surface area contributed by atoms with Gasteiger partial charge in [-0.1, -0.05) is 55.0 Å². The number of anilines is 1. The van der Waals surface area contributed by atoms with E-state index in [-0.39, 0.29) is 38.1 Å². The Balaban J connectivity index is 1.66. The van der Waals surface area contributed by atoms with E-state index >= 15 is 0 Å². The molecule has 4 aliphatic rings. The number of aliphatic hydroxyl groups is 1. The van der Waals surface area contributed by atoms with Gasteiger partial charge in [-0.05, 0) is 44.2 Å². The lowest BCUT2D eigenvalue weighted by atomic mass is 9.73. The zero-order chi connectivity index (χ0) is 26.2. The molecule has 198 valence electrons. The van der Waals surface area contributed by atoms with Gasteiger partial charge in [0.05, 0.1) is 23.2 Å². The number of para-hydroxylation sites is 1. The molecule has 0 radical (unpaired) electrons. The Morgan fingerprint density at radius 2 is 1.89 bits per heavy atom. The minimum Gasteiger partial charge on any atom is -0.465 e. The van der Waals surface area contributed by atoms with Gasteiger partial charge >= 0.3 is 5.97 Å². The summed E-state index contributed by atoms with van der Waals surface area (Å²) in [6, 6.07) is 6.06. The number of cyclic esters (lactones) is 1. The van der Waals surface area contributed by atoms with Crippen LogP contribution in [0.1, 0.15) is 39.0 Å². The maximum Gasteiger partial charge on any atom is 0.313 e. The Hall–Kier alpha value is -2.68. The molecule has 2 fully saturated rings. The predicted molar refractivity (Wildman–Crippen MR) is 138 cm³/mol. The summed E-state index contributed by atoms with van der Waals surface area (Å²) in [5, 5.41) is 9.97. The zero-order valence-electron chi connectivity index (χ0n) is 21.0. The standard InChI is InChI=1S/C28H33ClN2O6/c1-2-27-13-7-3-4-8-18-36-26(35)22(27)21-24(33)31(16-10-17-32)23-25(34)30(15-9-14-28(21,23)37-27)20-12-6-5-11-19(20)29/h5-7,9,11-14,21-23,32H,2-4,8,10,15-18H2,1H3/b13-7-/t21-,22+,23?,27-,28-/m0/s1. The molecule has 0 saturated carbocycles. The third-order valence-electron chi connectivity index (χ3n) is 8.08. The van der Waals surface area contributed by atoms with Crippen LogP contribution in [0.2, 0.25) is 5.02 Å². The fourth-order valence-corrected chi connectivity index (χ4v) is 6.64. The lowest BCUT2D eigenvalue weighted by molar-refractivity contribution is -0.160. The summed E-state index contributed by atoms with van der Waals surface area (Å²) in [5.41, 5.74) is -1.91. The minimum absolute atomic E-state index is 0.139. The number of ether oxygens (including phenoxy) is 2. The number of nitrogens with zero attached hydrogens (tertiary/aromatic N) is 2. The molecule has 5 atom stereocenters. The normalized spacial score (nSPS) is 34.5. The van der Waals surface area contributed by atoms with Crippen molar-refractivity contribution in [2.45, 2.75) is 56.3 Å². The van der Waals surface area contributed by atoms with Crippen LogP contribution in [0.5, 0.6) is 0 Å². The second kappa shape index (κ2) is 10.2. The number of rotatable bonds is 5. The first-order valence-corrected chi connectivity index (χ1v) is 13.5. The quantitative estimate of drug-likeness (QED) is 0.465. The van der Waals surface area contributed by atoms with Gasteiger partial charge in [-0.3, -0.25) is 14.4 Å². The Labute approximate surface area is 221 Å². The van der Waals surface area contributed by atoms with Crippen molar-refractivity contribution < 1.29 is 29.0 Å². The van der Waals surface area contributed by atoms with Crippen molar-refractivity contribution in [3.8, 4) is 0 Å². The van der Waals surface area contributed by atoms with Crippen LogP contribution < -0.4 is 4.90 Å². The second-order valence-corrected chi connectivity index (χ2v) is 10.5. The number of fused-ring (bicyclic) bond motifs is 2. The van der Waals surface area contributed by atoms with Crippen molar-refractivity contribution in [1.29, 1.82) is 0 Å². The summed E-state index contributed by atoms with van der Waals surface area (Å²) in [6.07, 6.45) is 10.7. The summed E-state index contributed by atoms with van der Waals surface area (Å²) in [6.45, 7) is 2.47. The SMILES string of the molecule is CC[C@]12/C=C\CCCCOC(=O)[C@H]1[C@H]1C(=O)N(CCCO)C3C(=O)N(c4ccccc4Cl)CC=C[C@@]31O2. The smallest absolute Gasteiger partial charge is 0.313 e. The van der Waals surface area contributed by atoms with Gasteiger partial charge in [0, 0.05) is 19.7 Å². The molecule has 1 unspecified atom stereocenters. The third kappa shape index (κ3) is 4.10. The van der Waals surface area contributed by atoms with Crippen LogP contribution in [0, 0.1) is 11.8 Å². The molecule has 9 heteroatoms. The molecule has 1 aromatic rings. The van der Waals surface area contributed by atoms with E-state index in [4.69, 9.17) is 21.1 Å². The number of hydrogen-bond donors (Lipinski definition) is 1. The summed E-state index contributed by atoms with van der Waals surface area (Å²) in [5.74, 6) is -2.97. The van der Waals surface area contributed by atoms with Crippen molar-refractivity contribution >= 4 is 35.1 Å². The minimum atomic E-state index is -1.36. The predicted octanol–water partition coefficient (Wildman–Crippen LogP) is 3.27. The molecule has 1 aromatic carbocycles. The fraction of sp³-hybridized carbons (Fsp3) is 0.536. The molecule has 1 N–H and O–H groups in total. The highest BCUT2D eigenvalue weighted by Crippen LogP contribution is 2.58. The van der Waals surface area contributed by atoms with Gasteiger partial charge in [0.1, 0.15) is 23.2 Å². The fourth-order valence-electron chi connectivity index (χ4n) is 6.41. The monoisotopic (exact) mass is 528 g/mol. The molecule has 2 amide bonds. The van der Waals surface area contributed by atoms with Crippen LogP contribution in [0.4, 0.5) is 5.69 Å². The van der Waals surface area contributed by atoms with Crippen LogP contribution in [0.15, 0.2) is 48.6 Å². The average Bonchev–Trinajstić information content (AvgIpc) is 3.25. The van der Waals surface area contributed by atoms with E-state index in [0.717, 1.165) is 19.3 Å². The highest BCUT2D eigenvalue weighted by Gasteiger charge is 2.75. The number of esters is 1. The molecular formula is C28H33ClN2O6. The lowest BCUT2D eigenvalue weighted by Crippen LogP contribution is -2.56. The van der Waals surface area contributed by atoms with Gasteiger partial charge < -0.3 is 24.4 Å². The van der Waals surface area contributed by atoms with Crippen LogP contribution in [0.3, 0.4) is 0 Å². The van der Waals surface area contributed by atoms with E-state index in [1.165, 1.54) is 4.90 Å². The average molecular weight is 529 g/mol. The van der Waals surface area contributed by atoms with Gasteiger partial charge in [0.25, 0.3) is 5.91 Å². The van der Waals surface area contributed by atoms with E-state index in [1.54, 1.807) is 35.2 Å². The first kappa shape index (κ1) is 25.9. The van der Waals surface area contributed by atoms with Gasteiger partial charge in [-0.15, -0.1) is 0 Å². The van der Waals surface area contributed by atoms with Gasteiger partial charge in [0.15, 0.2) is 0 Å². The number of aliphatic hydroxyl groups excluding tert-OH is 1. The third-order valence-corrected chi connectivity index (χ3v) is 8.40. The van der Waals surface area contributed by atoms with Crippen molar-refractivity contribution in [2.75, 3.05) is 31.2 Å². The molecular weight excluding hydrogens is 496 g/mol. The number of allylic oxidation sites excluding steroid dienone is 1. The number of likely N-dealkylation sites (tertiary alicyclic amines) is 1. The topological polar surface area (TPSA) is 96.4 Å². The number of amides is 2. The zero-order valence-corrected chi connectivity index (χ0v) is 21.7. The molecule has 8 nitrogen and oxygen atoms in total.